The van der Waals surface area contributed by atoms with Gasteiger partial charge in [-0.25, -0.2) is 9.50 Å². The van der Waals surface area contributed by atoms with Crippen LogP contribution in [-0.2, 0) is 6.42 Å². The molecule has 0 spiro atoms. The fourth-order valence-electron chi connectivity index (χ4n) is 1.93. The van der Waals surface area contributed by atoms with Crippen LogP contribution in [0, 0.1) is 6.92 Å². The number of aromatic nitrogens is 3. The Kier molecular flexibility index (Phi) is 2.88. The van der Waals surface area contributed by atoms with E-state index < -0.39 is 0 Å². The minimum atomic E-state index is 0.750. The van der Waals surface area contributed by atoms with E-state index in [1.54, 1.807) is 0 Å². The highest BCUT2D eigenvalue weighted by Crippen LogP contribution is 2.14. The average Bonchev–Trinajstić information content (AvgIpc) is 2.70. The largest absolute Gasteiger partial charge is 0.221 e. The molecule has 0 amide bonds. The number of fused-ring (bicyclic) bond motifs is 1. The molecule has 0 fully saturated rings. The Morgan fingerprint density at radius 3 is 2.94 bits per heavy atom. The minimum Gasteiger partial charge on any atom is -0.221 e. The van der Waals surface area contributed by atoms with Crippen molar-refractivity contribution in [3.63, 3.8) is 0 Å². The highest BCUT2D eigenvalue weighted by Gasteiger charge is 2.05. The molecule has 1 aromatic carbocycles. The zero-order valence-electron chi connectivity index (χ0n) is 9.97. The first-order valence-electron chi connectivity index (χ1n) is 5.77. The summed E-state index contributed by atoms with van der Waals surface area (Å²) >= 11 is 3.47. The molecule has 0 unspecified atom stereocenters. The quantitative estimate of drug-likeness (QED) is 0.726. The molecular formula is C14H12BrN3. The molecule has 0 atom stereocenters. The molecule has 0 saturated heterocycles. The van der Waals surface area contributed by atoms with Crippen LogP contribution in [0.5, 0.6) is 0 Å². The first kappa shape index (κ1) is 11.4. The molecule has 0 aliphatic heterocycles. The van der Waals surface area contributed by atoms with Crippen LogP contribution in [0.1, 0.15) is 17.0 Å². The van der Waals surface area contributed by atoms with Gasteiger partial charge in [0, 0.05) is 17.1 Å². The Hall–Kier alpha value is -1.68. The average molecular weight is 302 g/mol. The third-order valence-corrected chi connectivity index (χ3v) is 3.28. The number of pyridine rings is 1. The molecule has 2 heterocycles. The van der Waals surface area contributed by atoms with Crippen molar-refractivity contribution in [2.45, 2.75) is 13.3 Å². The van der Waals surface area contributed by atoms with Crippen molar-refractivity contribution in [2.24, 2.45) is 0 Å². The van der Waals surface area contributed by atoms with Gasteiger partial charge in [-0.3, -0.25) is 0 Å². The molecule has 3 aromatic rings. The molecule has 3 rings (SSSR count). The van der Waals surface area contributed by atoms with Crippen molar-refractivity contribution in [2.75, 3.05) is 0 Å². The van der Waals surface area contributed by atoms with Gasteiger partial charge in [-0.15, -0.1) is 0 Å². The van der Waals surface area contributed by atoms with E-state index in [4.69, 9.17) is 0 Å². The first-order valence-corrected chi connectivity index (χ1v) is 6.56. The molecule has 0 aliphatic rings. The van der Waals surface area contributed by atoms with E-state index in [-0.39, 0.29) is 0 Å². The number of benzene rings is 1. The van der Waals surface area contributed by atoms with Gasteiger partial charge in [-0.1, -0.05) is 28.1 Å². The van der Waals surface area contributed by atoms with E-state index in [1.165, 1.54) is 11.1 Å². The third kappa shape index (κ3) is 2.29. The summed E-state index contributed by atoms with van der Waals surface area (Å²) in [5.41, 5.74) is 3.31. The van der Waals surface area contributed by atoms with Crippen molar-refractivity contribution in [3.8, 4) is 0 Å². The van der Waals surface area contributed by atoms with Crippen LogP contribution < -0.4 is 0 Å². The third-order valence-electron chi connectivity index (χ3n) is 2.79. The van der Waals surface area contributed by atoms with Gasteiger partial charge in [0.25, 0.3) is 0 Å². The summed E-state index contributed by atoms with van der Waals surface area (Å²) in [6, 6.07) is 12.3. The van der Waals surface area contributed by atoms with Crippen LogP contribution in [-0.4, -0.2) is 14.6 Å². The zero-order valence-corrected chi connectivity index (χ0v) is 11.6. The Bertz CT molecular complexity index is 703. The normalized spacial score (nSPS) is 11.0. The molecule has 0 radical (unpaired) electrons. The molecule has 0 aliphatic carbocycles. The minimum absolute atomic E-state index is 0.750. The van der Waals surface area contributed by atoms with Crippen LogP contribution >= 0.6 is 15.9 Å². The molecule has 2 aromatic heterocycles. The molecule has 4 heteroatoms. The van der Waals surface area contributed by atoms with Crippen molar-refractivity contribution < 1.29 is 0 Å². The summed E-state index contributed by atoms with van der Waals surface area (Å²) in [4.78, 5) is 4.54. The van der Waals surface area contributed by atoms with Gasteiger partial charge >= 0.3 is 0 Å². The van der Waals surface area contributed by atoms with Gasteiger partial charge in [0.15, 0.2) is 11.5 Å². The molecule has 18 heavy (non-hydrogen) atoms. The number of aryl methyl sites for hydroxylation is 1. The van der Waals surface area contributed by atoms with Crippen LogP contribution in [0.25, 0.3) is 5.65 Å². The molecule has 0 saturated carbocycles. The fourth-order valence-corrected chi connectivity index (χ4v) is 2.38. The SMILES string of the molecule is Cc1ccn2nc(Cc3cccc(Br)c3)nc2c1. The zero-order chi connectivity index (χ0) is 12.5. The Morgan fingerprint density at radius 2 is 2.11 bits per heavy atom. The molecule has 90 valence electrons. The topological polar surface area (TPSA) is 30.2 Å². The molecule has 3 nitrogen and oxygen atoms in total. The number of halogens is 1. The lowest BCUT2D eigenvalue weighted by atomic mass is 10.1. The van der Waals surface area contributed by atoms with Gasteiger partial charge in [0.05, 0.1) is 0 Å². The maximum atomic E-state index is 4.54. The van der Waals surface area contributed by atoms with E-state index in [0.29, 0.717) is 0 Å². The summed E-state index contributed by atoms with van der Waals surface area (Å²) in [7, 11) is 0. The number of rotatable bonds is 2. The first-order chi connectivity index (χ1) is 8.70. The van der Waals surface area contributed by atoms with E-state index in [1.807, 2.05) is 35.0 Å². The fraction of sp³-hybridized carbons (Fsp3) is 0.143. The highest BCUT2D eigenvalue weighted by atomic mass is 79.9. The maximum Gasteiger partial charge on any atom is 0.156 e. The smallest absolute Gasteiger partial charge is 0.156 e. The summed E-state index contributed by atoms with van der Waals surface area (Å²) in [5, 5.41) is 4.47. The Labute approximate surface area is 114 Å². The Morgan fingerprint density at radius 1 is 1.22 bits per heavy atom. The van der Waals surface area contributed by atoms with Gasteiger partial charge in [0.2, 0.25) is 0 Å². The van der Waals surface area contributed by atoms with Crippen molar-refractivity contribution in [1.29, 1.82) is 0 Å². The van der Waals surface area contributed by atoms with Gasteiger partial charge in [-0.05, 0) is 42.3 Å². The van der Waals surface area contributed by atoms with Crippen LogP contribution in [0.2, 0.25) is 0 Å². The molecule has 0 bridgehead atoms. The lowest BCUT2D eigenvalue weighted by Gasteiger charge is -1.97. The predicted octanol–water partition coefficient (Wildman–Crippen LogP) is 3.39. The van der Waals surface area contributed by atoms with E-state index in [9.17, 15) is 0 Å². The summed E-state index contributed by atoms with van der Waals surface area (Å²) in [6.45, 7) is 2.06. The molecule has 0 N–H and O–H groups in total. The Balaban J connectivity index is 1.95. The second-order valence-electron chi connectivity index (χ2n) is 4.34. The number of hydrogen-bond acceptors (Lipinski definition) is 2. The van der Waals surface area contributed by atoms with Crippen molar-refractivity contribution in [1.82, 2.24) is 14.6 Å². The number of nitrogens with zero attached hydrogens (tertiary/aromatic N) is 3. The molecular weight excluding hydrogens is 290 g/mol. The summed E-state index contributed by atoms with van der Waals surface area (Å²) in [5.74, 6) is 0.846. The maximum absolute atomic E-state index is 4.54. The van der Waals surface area contributed by atoms with Crippen LogP contribution in [0.3, 0.4) is 0 Å². The lowest BCUT2D eigenvalue weighted by molar-refractivity contribution is 0.898. The lowest BCUT2D eigenvalue weighted by Crippen LogP contribution is -1.92. The number of hydrogen-bond donors (Lipinski definition) is 0. The van der Waals surface area contributed by atoms with E-state index in [2.05, 4.69) is 45.1 Å². The summed E-state index contributed by atoms with van der Waals surface area (Å²) in [6.07, 6.45) is 2.70. The monoisotopic (exact) mass is 301 g/mol. The standard InChI is InChI=1S/C14H12BrN3/c1-10-5-6-18-14(7-10)16-13(17-18)9-11-3-2-4-12(15)8-11/h2-8H,9H2,1H3. The van der Waals surface area contributed by atoms with Gasteiger partial charge in [-0.2, -0.15) is 5.10 Å². The predicted molar refractivity (Wildman–Crippen MR) is 74.7 cm³/mol. The van der Waals surface area contributed by atoms with E-state index >= 15 is 0 Å². The van der Waals surface area contributed by atoms with Crippen LogP contribution in [0.15, 0.2) is 47.1 Å². The second kappa shape index (κ2) is 4.53. The van der Waals surface area contributed by atoms with Gasteiger partial charge < -0.3 is 0 Å². The van der Waals surface area contributed by atoms with Crippen molar-refractivity contribution >= 4 is 21.6 Å². The highest BCUT2D eigenvalue weighted by molar-refractivity contribution is 9.10. The van der Waals surface area contributed by atoms with Gasteiger partial charge in [0.1, 0.15) is 0 Å². The second-order valence-corrected chi connectivity index (χ2v) is 5.26. The summed E-state index contributed by atoms with van der Waals surface area (Å²) < 4.78 is 2.90. The van der Waals surface area contributed by atoms with E-state index in [0.717, 1.165) is 22.4 Å². The van der Waals surface area contributed by atoms with Crippen LogP contribution in [0.4, 0.5) is 0 Å². The van der Waals surface area contributed by atoms with Crippen molar-refractivity contribution in [3.05, 3.63) is 64.0 Å².